The van der Waals surface area contributed by atoms with Crippen molar-refractivity contribution in [2.75, 3.05) is 12.8 Å². The lowest BCUT2D eigenvalue weighted by Crippen LogP contribution is -2.17. The molecule has 0 spiro atoms. The number of halogens is 1. The molecular weight excluding hydrogens is 280 g/mol. The van der Waals surface area contributed by atoms with Crippen molar-refractivity contribution in [2.24, 2.45) is 0 Å². The summed E-state index contributed by atoms with van der Waals surface area (Å²) >= 11 is 3.52. The van der Waals surface area contributed by atoms with Gasteiger partial charge in [-0.1, -0.05) is 22.0 Å². The highest BCUT2D eigenvalue weighted by atomic mass is 79.9. The van der Waals surface area contributed by atoms with Gasteiger partial charge in [0.05, 0.1) is 12.8 Å². The van der Waals surface area contributed by atoms with Crippen molar-refractivity contribution in [3.05, 3.63) is 52.4 Å². The molecule has 17 heavy (non-hydrogen) atoms. The number of benzene rings is 1. The van der Waals surface area contributed by atoms with Gasteiger partial charge in [-0.15, -0.1) is 0 Å². The van der Waals surface area contributed by atoms with Gasteiger partial charge in [-0.2, -0.15) is 0 Å². The van der Waals surface area contributed by atoms with Gasteiger partial charge in [0.2, 0.25) is 0 Å². The van der Waals surface area contributed by atoms with Gasteiger partial charge < -0.3 is 10.2 Å². The summed E-state index contributed by atoms with van der Waals surface area (Å²) in [6, 6.07) is 9.77. The van der Waals surface area contributed by atoms with E-state index in [-0.39, 0.29) is 0 Å². The summed E-state index contributed by atoms with van der Waals surface area (Å²) in [6.07, 6.45) is 1.70. The second-order valence-corrected chi connectivity index (χ2v) is 4.96. The molecule has 3 nitrogen and oxygen atoms in total. The summed E-state index contributed by atoms with van der Waals surface area (Å²) in [5.41, 5.74) is 7.70. The third-order valence-electron chi connectivity index (χ3n) is 2.52. The summed E-state index contributed by atoms with van der Waals surface area (Å²) in [6.45, 7) is 1.64. The molecule has 1 heterocycles. The van der Waals surface area contributed by atoms with Crippen molar-refractivity contribution in [2.45, 2.75) is 13.1 Å². The highest BCUT2D eigenvalue weighted by molar-refractivity contribution is 9.10. The van der Waals surface area contributed by atoms with E-state index in [0.29, 0.717) is 0 Å². The second-order valence-electron chi connectivity index (χ2n) is 4.10. The van der Waals surface area contributed by atoms with E-state index in [4.69, 9.17) is 10.2 Å². The first-order chi connectivity index (χ1) is 8.15. The van der Waals surface area contributed by atoms with Crippen molar-refractivity contribution in [1.29, 1.82) is 0 Å². The van der Waals surface area contributed by atoms with Crippen LogP contribution in [0.3, 0.4) is 0 Å². The minimum absolute atomic E-state index is 0.773. The zero-order valence-electron chi connectivity index (χ0n) is 9.69. The first-order valence-electron chi connectivity index (χ1n) is 5.40. The predicted molar refractivity (Wildman–Crippen MR) is 72.4 cm³/mol. The average molecular weight is 295 g/mol. The molecule has 0 radical (unpaired) electrons. The molecule has 0 fully saturated rings. The fourth-order valence-corrected chi connectivity index (χ4v) is 2.23. The molecule has 0 saturated heterocycles. The average Bonchev–Trinajstić information content (AvgIpc) is 2.75. The van der Waals surface area contributed by atoms with Crippen molar-refractivity contribution in [3.8, 4) is 0 Å². The molecule has 90 valence electrons. The third-order valence-corrected chi connectivity index (χ3v) is 3.26. The fraction of sp³-hybridized carbons (Fsp3) is 0.231. The van der Waals surface area contributed by atoms with Gasteiger partial charge in [-0.05, 0) is 36.9 Å². The minimum Gasteiger partial charge on any atom is -0.468 e. The van der Waals surface area contributed by atoms with E-state index in [9.17, 15) is 0 Å². The van der Waals surface area contributed by atoms with E-state index in [1.54, 1.807) is 6.26 Å². The van der Waals surface area contributed by atoms with Crippen LogP contribution in [-0.4, -0.2) is 11.9 Å². The lowest BCUT2D eigenvalue weighted by atomic mass is 10.2. The van der Waals surface area contributed by atoms with Gasteiger partial charge in [0, 0.05) is 16.7 Å². The van der Waals surface area contributed by atoms with Gasteiger partial charge in [0.15, 0.2) is 0 Å². The van der Waals surface area contributed by atoms with Crippen molar-refractivity contribution >= 4 is 21.6 Å². The van der Waals surface area contributed by atoms with Gasteiger partial charge in [-0.25, -0.2) is 0 Å². The number of hydrogen-bond acceptors (Lipinski definition) is 3. The van der Waals surface area contributed by atoms with Crippen LogP contribution in [0.5, 0.6) is 0 Å². The number of rotatable bonds is 4. The number of anilines is 1. The van der Waals surface area contributed by atoms with Crippen LogP contribution < -0.4 is 5.73 Å². The molecule has 0 aliphatic rings. The molecule has 0 bridgehead atoms. The van der Waals surface area contributed by atoms with E-state index < -0.39 is 0 Å². The van der Waals surface area contributed by atoms with Crippen LogP contribution in [0.1, 0.15) is 11.3 Å². The van der Waals surface area contributed by atoms with E-state index >= 15 is 0 Å². The van der Waals surface area contributed by atoms with Gasteiger partial charge >= 0.3 is 0 Å². The highest BCUT2D eigenvalue weighted by Gasteiger charge is 2.06. The number of nitrogens with zero attached hydrogens (tertiary/aromatic N) is 1. The monoisotopic (exact) mass is 294 g/mol. The Morgan fingerprint density at radius 2 is 2.12 bits per heavy atom. The topological polar surface area (TPSA) is 42.4 Å². The SMILES string of the molecule is CN(Cc1ccco1)Cc1ccc(N)cc1Br. The van der Waals surface area contributed by atoms with E-state index in [1.807, 2.05) is 30.3 Å². The zero-order chi connectivity index (χ0) is 12.3. The van der Waals surface area contributed by atoms with Crippen molar-refractivity contribution < 1.29 is 4.42 Å². The predicted octanol–water partition coefficient (Wildman–Crippen LogP) is 3.26. The molecule has 0 atom stereocenters. The molecule has 2 rings (SSSR count). The zero-order valence-corrected chi connectivity index (χ0v) is 11.3. The van der Waals surface area contributed by atoms with Crippen molar-refractivity contribution in [1.82, 2.24) is 4.90 Å². The van der Waals surface area contributed by atoms with Gasteiger partial charge in [0.25, 0.3) is 0 Å². The molecular formula is C13H15BrN2O. The fourth-order valence-electron chi connectivity index (χ4n) is 1.71. The van der Waals surface area contributed by atoms with Crippen LogP contribution in [0, 0.1) is 0 Å². The number of nitrogens with two attached hydrogens (primary N) is 1. The Morgan fingerprint density at radius 3 is 2.76 bits per heavy atom. The minimum atomic E-state index is 0.773. The van der Waals surface area contributed by atoms with Crippen LogP contribution in [0.15, 0.2) is 45.5 Å². The van der Waals surface area contributed by atoms with E-state index in [0.717, 1.165) is 29.0 Å². The van der Waals surface area contributed by atoms with Gasteiger partial charge in [0.1, 0.15) is 5.76 Å². The normalized spacial score (nSPS) is 11.0. The summed E-state index contributed by atoms with van der Waals surface area (Å²) in [4.78, 5) is 2.19. The number of furan rings is 1. The Balaban J connectivity index is 2.00. The Kier molecular flexibility index (Phi) is 3.86. The van der Waals surface area contributed by atoms with Crippen LogP contribution in [0.4, 0.5) is 5.69 Å². The first-order valence-corrected chi connectivity index (χ1v) is 6.19. The second kappa shape index (κ2) is 5.38. The Hall–Kier alpha value is -1.26. The van der Waals surface area contributed by atoms with Crippen molar-refractivity contribution in [3.63, 3.8) is 0 Å². The van der Waals surface area contributed by atoms with Crippen LogP contribution in [-0.2, 0) is 13.1 Å². The maximum absolute atomic E-state index is 5.71. The Morgan fingerprint density at radius 1 is 1.29 bits per heavy atom. The van der Waals surface area contributed by atoms with Crippen LogP contribution in [0.25, 0.3) is 0 Å². The lowest BCUT2D eigenvalue weighted by Gasteiger charge is -2.16. The highest BCUT2D eigenvalue weighted by Crippen LogP contribution is 2.21. The van der Waals surface area contributed by atoms with Crippen LogP contribution in [0.2, 0.25) is 0 Å². The summed E-state index contributed by atoms with van der Waals surface area (Å²) in [5, 5.41) is 0. The molecule has 0 saturated carbocycles. The molecule has 1 aromatic heterocycles. The smallest absolute Gasteiger partial charge is 0.117 e. The summed E-state index contributed by atoms with van der Waals surface area (Å²) in [5.74, 6) is 0.971. The summed E-state index contributed by atoms with van der Waals surface area (Å²) in [7, 11) is 2.06. The van der Waals surface area contributed by atoms with Crippen LogP contribution >= 0.6 is 15.9 Å². The maximum atomic E-state index is 5.71. The molecule has 1 aromatic carbocycles. The Bertz CT molecular complexity index is 482. The lowest BCUT2D eigenvalue weighted by molar-refractivity contribution is 0.287. The molecule has 4 heteroatoms. The maximum Gasteiger partial charge on any atom is 0.117 e. The molecule has 2 aromatic rings. The molecule has 0 amide bonds. The molecule has 0 unspecified atom stereocenters. The first kappa shape index (κ1) is 12.2. The van der Waals surface area contributed by atoms with E-state index in [1.165, 1.54) is 5.56 Å². The number of hydrogen-bond donors (Lipinski definition) is 1. The van der Waals surface area contributed by atoms with E-state index in [2.05, 4.69) is 27.9 Å². The summed E-state index contributed by atoms with van der Waals surface area (Å²) < 4.78 is 6.36. The largest absolute Gasteiger partial charge is 0.468 e. The number of nitrogen functional groups attached to an aromatic ring is 1. The Labute approximate surface area is 109 Å². The molecule has 0 aliphatic carbocycles. The van der Waals surface area contributed by atoms with Gasteiger partial charge in [-0.3, -0.25) is 4.90 Å². The quantitative estimate of drug-likeness (QED) is 0.880. The molecule has 0 aliphatic heterocycles. The molecule has 2 N–H and O–H groups in total. The third kappa shape index (κ3) is 3.35. The standard InChI is InChI=1S/C13H15BrN2O/c1-16(9-12-3-2-6-17-12)8-10-4-5-11(15)7-13(10)14/h2-7H,8-9,15H2,1H3.